The third kappa shape index (κ3) is 3.15. The number of hydrogen-bond donors (Lipinski definition) is 1. The summed E-state index contributed by atoms with van der Waals surface area (Å²) in [6.45, 7) is 1.85. The van der Waals surface area contributed by atoms with Crippen LogP contribution >= 0.6 is 22.9 Å². The highest BCUT2D eigenvalue weighted by Gasteiger charge is 2.28. The maximum Gasteiger partial charge on any atom is 0.273 e. The molecule has 3 rings (SSSR count). The molecule has 1 aromatic heterocycles. The molecule has 5 nitrogen and oxygen atoms in total. The largest absolute Gasteiger partial charge is 0.370 e. The van der Waals surface area contributed by atoms with Crippen molar-refractivity contribution in [1.29, 1.82) is 0 Å². The Morgan fingerprint density at radius 3 is 3.05 bits per heavy atom. The van der Waals surface area contributed by atoms with Crippen molar-refractivity contribution in [3.63, 3.8) is 0 Å². The highest BCUT2D eigenvalue weighted by atomic mass is 35.5. The second kappa shape index (κ2) is 6.75. The highest BCUT2D eigenvalue weighted by Crippen LogP contribution is 2.28. The van der Waals surface area contributed by atoms with Crippen LogP contribution in [0, 0.1) is 0 Å². The van der Waals surface area contributed by atoms with Crippen LogP contribution in [0.2, 0.25) is 5.02 Å². The van der Waals surface area contributed by atoms with Gasteiger partial charge in [-0.1, -0.05) is 29.8 Å². The van der Waals surface area contributed by atoms with E-state index in [4.69, 9.17) is 22.1 Å². The molecule has 1 amide bonds. The molecule has 2 heterocycles. The average Bonchev–Trinajstić information content (AvgIpc) is 3.04. The first kappa shape index (κ1) is 15.4. The Morgan fingerprint density at radius 1 is 1.50 bits per heavy atom. The van der Waals surface area contributed by atoms with Crippen molar-refractivity contribution in [2.45, 2.75) is 12.6 Å². The number of morpholine rings is 1. The number of nitrogens with two attached hydrogens (primary N) is 1. The van der Waals surface area contributed by atoms with Gasteiger partial charge in [0.1, 0.15) is 16.8 Å². The molecule has 0 aliphatic carbocycles. The van der Waals surface area contributed by atoms with E-state index < -0.39 is 0 Å². The van der Waals surface area contributed by atoms with Gasteiger partial charge in [-0.25, -0.2) is 4.98 Å². The van der Waals surface area contributed by atoms with E-state index in [1.165, 1.54) is 11.3 Å². The number of ether oxygens (including phenoxy) is 1. The minimum Gasteiger partial charge on any atom is -0.370 e. The number of amides is 1. The predicted molar refractivity (Wildman–Crippen MR) is 86.1 cm³/mol. The molecule has 1 fully saturated rings. The summed E-state index contributed by atoms with van der Waals surface area (Å²) in [4.78, 5) is 18.5. The lowest BCUT2D eigenvalue weighted by atomic mass is 10.1. The Morgan fingerprint density at radius 2 is 2.32 bits per heavy atom. The number of benzene rings is 1. The quantitative estimate of drug-likeness (QED) is 0.934. The first-order chi connectivity index (χ1) is 10.7. The Labute approximate surface area is 137 Å². The first-order valence-electron chi connectivity index (χ1n) is 6.99. The van der Waals surface area contributed by atoms with Crippen LogP contribution in [-0.4, -0.2) is 35.5 Å². The Hall–Kier alpha value is -1.47. The van der Waals surface area contributed by atoms with Crippen LogP contribution in [0.5, 0.6) is 0 Å². The van der Waals surface area contributed by atoms with Crippen molar-refractivity contribution in [1.82, 2.24) is 9.88 Å². The summed E-state index contributed by atoms with van der Waals surface area (Å²) in [5.41, 5.74) is 6.90. The molecule has 0 saturated carbocycles. The molecular weight excluding hydrogens is 322 g/mol. The van der Waals surface area contributed by atoms with Gasteiger partial charge in [0.2, 0.25) is 0 Å². The Kier molecular flexibility index (Phi) is 4.73. The first-order valence-corrected chi connectivity index (χ1v) is 8.24. The van der Waals surface area contributed by atoms with Gasteiger partial charge in [0.25, 0.3) is 5.91 Å². The third-order valence-electron chi connectivity index (χ3n) is 3.55. The van der Waals surface area contributed by atoms with Gasteiger partial charge in [-0.15, -0.1) is 11.3 Å². The van der Waals surface area contributed by atoms with Gasteiger partial charge in [-0.2, -0.15) is 0 Å². The summed E-state index contributed by atoms with van der Waals surface area (Å²) in [7, 11) is 0. The van der Waals surface area contributed by atoms with E-state index in [2.05, 4.69) is 4.98 Å². The molecule has 0 bridgehead atoms. The van der Waals surface area contributed by atoms with Crippen LogP contribution < -0.4 is 5.73 Å². The van der Waals surface area contributed by atoms with Crippen molar-refractivity contribution >= 4 is 28.8 Å². The predicted octanol–water partition coefficient (Wildman–Crippen LogP) is 2.47. The molecule has 116 valence electrons. The number of rotatable bonds is 3. The van der Waals surface area contributed by atoms with Crippen LogP contribution in [0.4, 0.5) is 0 Å². The smallest absolute Gasteiger partial charge is 0.273 e. The molecule has 22 heavy (non-hydrogen) atoms. The van der Waals surface area contributed by atoms with Crippen LogP contribution in [-0.2, 0) is 11.3 Å². The molecule has 0 unspecified atom stereocenters. The lowest BCUT2D eigenvalue weighted by Gasteiger charge is -2.33. The topological polar surface area (TPSA) is 68.5 Å². The zero-order valence-electron chi connectivity index (χ0n) is 11.9. The molecule has 0 spiro atoms. The summed E-state index contributed by atoms with van der Waals surface area (Å²) >= 11 is 7.62. The number of thiazole rings is 1. The van der Waals surface area contributed by atoms with E-state index in [0.29, 0.717) is 37.0 Å². The Balaban J connectivity index is 1.75. The van der Waals surface area contributed by atoms with Gasteiger partial charge in [0.05, 0.1) is 13.2 Å². The maximum atomic E-state index is 12.5. The van der Waals surface area contributed by atoms with Crippen LogP contribution in [0.25, 0.3) is 0 Å². The number of hydrogen-bond acceptors (Lipinski definition) is 5. The second-order valence-corrected chi connectivity index (χ2v) is 6.31. The van der Waals surface area contributed by atoms with Gasteiger partial charge in [-0.05, 0) is 6.07 Å². The minimum atomic E-state index is -0.209. The Bertz CT molecular complexity index is 676. The van der Waals surface area contributed by atoms with E-state index in [-0.39, 0.29) is 12.0 Å². The third-order valence-corrected chi connectivity index (χ3v) is 4.77. The van der Waals surface area contributed by atoms with Gasteiger partial charge in [0.15, 0.2) is 0 Å². The molecule has 2 aromatic rings. The number of carbonyl (C=O) groups excluding carboxylic acids is 1. The molecule has 2 N–H and O–H groups in total. The van der Waals surface area contributed by atoms with Crippen molar-refractivity contribution in [3.8, 4) is 0 Å². The highest BCUT2D eigenvalue weighted by molar-refractivity contribution is 7.09. The molecule has 1 aromatic carbocycles. The van der Waals surface area contributed by atoms with Crippen LogP contribution in [0.3, 0.4) is 0 Å². The molecule has 1 aliphatic rings. The average molecular weight is 338 g/mol. The number of carbonyl (C=O) groups is 1. The van der Waals surface area contributed by atoms with Gasteiger partial charge in [0, 0.05) is 29.1 Å². The fraction of sp³-hybridized carbons (Fsp3) is 0.333. The lowest BCUT2D eigenvalue weighted by molar-refractivity contribution is -0.0229. The van der Waals surface area contributed by atoms with E-state index >= 15 is 0 Å². The van der Waals surface area contributed by atoms with E-state index in [0.717, 1.165) is 10.6 Å². The van der Waals surface area contributed by atoms with Gasteiger partial charge < -0.3 is 15.4 Å². The monoisotopic (exact) mass is 337 g/mol. The molecule has 1 atom stereocenters. The second-order valence-electron chi connectivity index (χ2n) is 4.96. The fourth-order valence-corrected chi connectivity index (χ4v) is 3.33. The van der Waals surface area contributed by atoms with E-state index in [9.17, 15) is 4.79 Å². The number of halogens is 1. The zero-order chi connectivity index (χ0) is 15.5. The summed E-state index contributed by atoms with van der Waals surface area (Å²) < 4.78 is 5.77. The zero-order valence-corrected chi connectivity index (χ0v) is 13.4. The van der Waals surface area contributed by atoms with E-state index in [1.807, 2.05) is 24.3 Å². The fourth-order valence-electron chi connectivity index (χ4n) is 2.42. The maximum absolute atomic E-state index is 12.5. The number of aromatic nitrogens is 1. The molecule has 1 aliphatic heterocycles. The van der Waals surface area contributed by atoms with E-state index in [1.54, 1.807) is 10.3 Å². The standard InChI is InChI=1S/C15H16ClN3O2S/c16-11-4-2-1-3-10(11)13-8-19(5-6-21-13)15(20)12-9-22-14(7-17)18-12/h1-4,9,13H,5-8,17H2/t13-/m1/s1. The van der Waals surface area contributed by atoms with Crippen molar-refractivity contribution < 1.29 is 9.53 Å². The normalized spacial score (nSPS) is 18.5. The van der Waals surface area contributed by atoms with Gasteiger partial charge in [-0.3, -0.25) is 4.79 Å². The SMILES string of the molecule is NCc1nc(C(=O)N2CCO[C@@H](c3ccccc3Cl)C2)cs1. The number of nitrogens with zero attached hydrogens (tertiary/aromatic N) is 2. The molecule has 0 radical (unpaired) electrons. The molecule has 1 saturated heterocycles. The summed E-state index contributed by atoms with van der Waals surface area (Å²) in [6, 6.07) is 7.55. The van der Waals surface area contributed by atoms with Crippen molar-refractivity contribution in [3.05, 3.63) is 50.9 Å². The molecule has 7 heteroatoms. The van der Waals surface area contributed by atoms with Crippen molar-refractivity contribution in [2.24, 2.45) is 5.73 Å². The molecular formula is C15H16ClN3O2S. The van der Waals surface area contributed by atoms with Gasteiger partial charge >= 0.3 is 0 Å². The lowest BCUT2D eigenvalue weighted by Crippen LogP contribution is -2.42. The summed E-state index contributed by atoms with van der Waals surface area (Å²) in [5.74, 6) is -0.0868. The summed E-state index contributed by atoms with van der Waals surface area (Å²) in [5, 5.41) is 3.17. The van der Waals surface area contributed by atoms with Crippen molar-refractivity contribution in [2.75, 3.05) is 19.7 Å². The van der Waals surface area contributed by atoms with Crippen LogP contribution in [0.15, 0.2) is 29.6 Å². The summed E-state index contributed by atoms with van der Waals surface area (Å²) in [6.07, 6.45) is -0.209. The minimum absolute atomic E-state index is 0.0868. The van der Waals surface area contributed by atoms with Crippen LogP contribution in [0.1, 0.15) is 27.2 Å².